The molecule has 7 heteroatoms. The Morgan fingerprint density at radius 1 is 1.10 bits per heavy atom. The van der Waals surface area contributed by atoms with Crippen molar-refractivity contribution in [3.8, 4) is 5.75 Å². The number of pyridine rings is 1. The standard InChI is InChI=1S/C22H21F2N3OS/c1-2-28-21-8-4-3-7-17(21)15-27(14-16-6-5-11-25-13-16)22(29)26-20-10-9-18(23)12-19(20)24/h3-13H,2,14-15H2,1H3,(H,26,29). The first-order valence-electron chi connectivity index (χ1n) is 9.17. The molecule has 150 valence electrons. The van der Waals surface area contributed by atoms with Crippen molar-refractivity contribution < 1.29 is 13.5 Å². The molecule has 3 rings (SSSR count). The zero-order valence-electron chi connectivity index (χ0n) is 15.9. The van der Waals surface area contributed by atoms with Gasteiger partial charge in [0.25, 0.3) is 0 Å². The van der Waals surface area contributed by atoms with Gasteiger partial charge in [-0.1, -0.05) is 24.3 Å². The number of aromatic nitrogens is 1. The van der Waals surface area contributed by atoms with Gasteiger partial charge in [-0.15, -0.1) is 0 Å². The summed E-state index contributed by atoms with van der Waals surface area (Å²) in [7, 11) is 0. The van der Waals surface area contributed by atoms with Crippen LogP contribution in [0.5, 0.6) is 5.75 Å². The van der Waals surface area contributed by atoms with E-state index in [1.807, 2.05) is 48.2 Å². The van der Waals surface area contributed by atoms with Crippen molar-refractivity contribution in [3.05, 3.63) is 89.8 Å². The highest BCUT2D eigenvalue weighted by Gasteiger charge is 2.16. The summed E-state index contributed by atoms with van der Waals surface area (Å²) in [5.74, 6) is -0.581. The Balaban J connectivity index is 1.85. The van der Waals surface area contributed by atoms with Gasteiger partial charge in [0.1, 0.15) is 17.4 Å². The van der Waals surface area contributed by atoms with Crippen LogP contribution in [0.1, 0.15) is 18.1 Å². The molecule has 3 aromatic rings. The molecule has 0 saturated carbocycles. The van der Waals surface area contributed by atoms with Gasteiger partial charge < -0.3 is 15.0 Å². The van der Waals surface area contributed by atoms with Crippen molar-refractivity contribution in [2.45, 2.75) is 20.0 Å². The molecule has 0 aliphatic rings. The molecule has 0 radical (unpaired) electrons. The van der Waals surface area contributed by atoms with E-state index < -0.39 is 11.6 Å². The molecule has 0 spiro atoms. The molecular formula is C22H21F2N3OS. The molecule has 29 heavy (non-hydrogen) atoms. The number of para-hydroxylation sites is 1. The number of rotatable bonds is 7. The van der Waals surface area contributed by atoms with Gasteiger partial charge in [-0.2, -0.15) is 0 Å². The minimum atomic E-state index is -0.705. The Bertz CT molecular complexity index is 969. The number of ether oxygens (including phenoxy) is 1. The maximum atomic E-state index is 14.1. The first kappa shape index (κ1) is 20.7. The molecule has 0 unspecified atom stereocenters. The van der Waals surface area contributed by atoms with E-state index in [-0.39, 0.29) is 5.69 Å². The van der Waals surface area contributed by atoms with Crippen LogP contribution in [0.2, 0.25) is 0 Å². The van der Waals surface area contributed by atoms with Crippen molar-refractivity contribution in [1.29, 1.82) is 0 Å². The molecule has 1 heterocycles. The summed E-state index contributed by atoms with van der Waals surface area (Å²) in [5.41, 5.74) is 2.01. The highest BCUT2D eigenvalue weighted by atomic mass is 32.1. The molecule has 0 amide bonds. The summed E-state index contributed by atoms with van der Waals surface area (Å²) in [6.07, 6.45) is 3.45. The van der Waals surface area contributed by atoms with E-state index in [9.17, 15) is 8.78 Å². The smallest absolute Gasteiger partial charge is 0.174 e. The van der Waals surface area contributed by atoms with E-state index in [1.165, 1.54) is 12.1 Å². The van der Waals surface area contributed by atoms with E-state index in [2.05, 4.69) is 10.3 Å². The highest BCUT2D eigenvalue weighted by molar-refractivity contribution is 7.80. The summed E-state index contributed by atoms with van der Waals surface area (Å²) in [6, 6.07) is 14.8. The lowest BCUT2D eigenvalue weighted by Crippen LogP contribution is -2.34. The second kappa shape index (κ2) is 9.93. The van der Waals surface area contributed by atoms with Gasteiger partial charge in [0.15, 0.2) is 5.11 Å². The van der Waals surface area contributed by atoms with E-state index in [1.54, 1.807) is 12.4 Å². The molecule has 0 bridgehead atoms. The summed E-state index contributed by atoms with van der Waals surface area (Å²) in [4.78, 5) is 6.02. The van der Waals surface area contributed by atoms with Crippen LogP contribution < -0.4 is 10.1 Å². The monoisotopic (exact) mass is 413 g/mol. The van der Waals surface area contributed by atoms with E-state index in [0.29, 0.717) is 24.8 Å². The van der Waals surface area contributed by atoms with Gasteiger partial charge in [0.2, 0.25) is 0 Å². The number of hydrogen-bond donors (Lipinski definition) is 1. The number of benzene rings is 2. The third kappa shape index (κ3) is 5.71. The fourth-order valence-electron chi connectivity index (χ4n) is 2.83. The average Bonchev–Trinajstić information content (AvgIpc) is 2.72. The van der Waals surface area contributed by atoms with Crippen molar-refractivity contribution >= 4 is 23.0 Å². The van der Waals surface area contributed by atoms with E-state index in [4.69, 9.17) is 17.0 Å². The van der Waals surface area contributed by atoms with Crippen LogP contribution in [0.4, 0.5) is 14.5 Å². The predicted molar refractivity (Wildman–Crippen MR) is 114 cm³/mol. The topological polar surface area (TPSA) is 37.4 Å². The van der Waals surface area contributed by atoms with Crippen LogP contribution >= 0.6 is 12.2 Å². The molecule has 0 aliphatic heterocycles. The Morgan fingerprint density at radius 2 is 1.93 bits per heavy atom. The van der Waals surface area contributed by atoms with Gasteiger partial charge in [-0.25, -0.2) is 8.78 Å². The minimum absolute atomic E-state index is 0.116. The number of anilines is 1. The lowest BCUT2D eigenvalue weighted by molar-refractivity contribution is 0.327. The number of halogens is 2. The summed E-state index contributed by atoms with van der Waals surface area (Å²) < 4.78 is 33.0. The van der Waals surface area contributed by atoms with Crippen LogP contribution in [-0.2, 0) is 13.1 Å². The number of nitrogens with zero attached hydrogens (tertiary/aromatic N) is 2. The first-order valence-corrected chi connectivity index (χ1v) is 9.58. The average molecular weight is 413 g/mol. The summed E-state index contributed by atoms with van der Waals surface area (Å²) in [5, 5.41) is 3.19. The van der Waals surface area contributed by atoms with E-state index >= 15 is 0 Å². The van der Waals surface area contributed by atoms with Crippen LogP contribution in [0.15, 0.2) is 67.0 Å². The van der Waals surface area contributed by atoms with Crippen LogP contribution in [0.25, 0.3) is 0 Å². The molecule has 0 atom stereocenters. The highest BCUT2D eigenvalue weighted by Crippen LogP contribution is 2.22. The molecule has 0 aliphatic carbocycles. The third-order valence-corrected chi connectivity index (χ3v) is 4.55. The Hall–Kier alpha value is -3.06. The summed E-state index contributed by atoms with van der Waals surface area (Å²) in [6.45, 7) is 3.37. The third-order valence-electron chi connectivity index (χ3n) is 4.19. The molecular weight excluding hydrogens is 392 g/mol. The van der Waals surface area contributed by atoms with Gasteiger partial charge in [-0.05, 0) is 49.0 Å². The fourth-order valence-corrected chi connectivity index (χ4v) is 3.07. The van der Waals surface area contributed by atoms with Crippen molar-refractivity contribution in [2.75, 3.05) is 11.9 Å². The summed E-state index contributed by atoms with van der Waals surface area (Å²) >= 11 is 5.55. The quantitative estimate of drug-likeness (QED) is 0.542. The predicted octanol–water partition coefficient (Wildman–Crippen LogP) is 5.16. The number of nitrogens with one attached hydrogen (secondary N) is 1. The maximum Gasteiger partial charge on any atom is 0.174 e. The largest absolute Gasteiger partial charge is 0.494 e. The SMILES string of the molecule is CCOc1ccccc1CN(Cc1cccnc1)C(=S)Nc1ccc(F)cc1F. The van der Waals surface area contributed by atoms with Crippen molar-refractivity contribution in [3.63, 3.8) is 0 Å². The Morgan fingerprint density at radius 3 is 2.66 bits per heavy atom. The second-order valence-electron chi connectivity index (χ2n) is 6.31. The Kier molecular flexibility index (Phi) is 7.08. The van der Waals surface area contributed by atoms with Crippen LogP contribution in [0, 0.1) is 11.6 Å². The molecule has 1 N–H and O–H groups in total. The van der Waals surface area contributed by atoms with Crippen molar-refractivity contribution in [2.24, 2.45) is 0 Å². The van der Waals surface area contributed by atoms with Crippen LogP contribution in [-0.4, -0.2) is 21.6 Å². The molecule has 0 saturated heterocycles. The lowest BCUT2D eigenvalue weighted by atomic mass is 10.1. The molecule has 2 aromatic carbocycles. The van der Waals surface area contributed by atoms with Crippen molar-refractivity contribution in [1.82, 2.24) is 9.88 Å². The fraction of sp³-hybridized carbons (Fsp3) is 0.182. The zero-order valence-corrected chi connectivity index (χ0v) is 16.8. The zero-order chi connectivity index (χ0) is 20.6. The normalized spacial score (nSPS) is 10.4. The van der Waals surface area contributed by atoms with Gasteiger partial charge in [-0.3, -0.25) is 4.98 Å². The van der Waals surface area contributed by atoms with Gasteiger partial charge in [0, 0.05) is 37.1 Å². The van der Waals surface area contributed by atoms with Gasteiger partial charge >= 0.3 is 0 Å². The van der Waals surface area contributed by atoms with Crippen LogP contribution in [0.3, 0.4) is 0 Å². The molecule has 1 aromatic heterocycles. The molecule has 4 nitrogen and oxygen atoms in total. The Labute approximate surface area is 174 Å². The number of hydrogen-bond acceptors (Lipinski definition) is 3. The second-order valence-corrected chi connectivity index (χ2v) is 6.70. The molecule has 0 fully saturated rings. The lowest BCUT2D eigenvalue weighted by Gasteiger charge is -2.27. The van der Waals surface area contributed by atoms with E-state index in [0.717, 1.165) is 22.9 Å². The number of thiocarbonyl (C=S) groups is 1. The van der Waals surface area contributed by atoms with Gasteiger partial charge in [0.05, 0.1) is 12.3 Å². The first-order chi connectivity index (χ1) is 14.1. The maximum absolute atomic E-state index is 14.1. The minimum Gasteiger partial charge on any atom is -0.494 e.